The standard InChI is InChI=1S/C14H11ClFN/c15-10-4-1-3-9(7-10)14-8-11-12(16)5-2-6-13(11)17-14/h1-7,14,17H,8H2. The number of hydrogen-bond acceptors (Lipinski definition) is 1. The lowest BCUT2D eigenvalue weighted by atomic mass is 10.0. The van der Waals surface area contributed by atoms with E-state index in [-0.39, 0.29) is 11.9 Å². The van der Waals surface area contributed by atoms with Crippen molar-refractivity contribution >= 4 is 17.3 Å². The Morgan fingerprint density at radius 3 is 2.76 bits per heavy atom. The molecule has 1 nitrogen and oxygen atoms in total. The van der Waals surface area contributed by atoms with Crippen LogP contribution in [0.25, 0.3) is 0 Å². The Labute approximate surface area is 104 Å². The SMILES string of the molecule is Fc1cccc2c1CC(c1cccc(Cl)c1)N2. The highest BCUT2D eigenvalue weighted by molar-refractivity contribution is 6.30. The number of hydrogen-bond donors (Lipinski definition) is 1. The molecule has 0 spiro atoms. The fourth-order valence-corrected chi connectivity index (χ4v) is 2.47. The third kappa shape index (κ3) is 1.89. The van der Waals surface area contributed by atoms with E-state index in [1.165, 1.54) is 6.07 Å². The van der Waals surface area contributed by atoms with E-state index in [0.717, 1.165) is 16.8 Å². The summed E-state index contributed by atoms with van der Waals surface area (Å²) in [6.07, 6.45) is 0.669. The summed E-state index contributed by atoms with van der Waals surface area (Å²) in [6, 6.07) is 12.9. The Hall–Kier alpha value is -1.54. The lowest BCUT2D eigenvalue weighted by molar-refractivity contribution is 0.610. The fraction of sp³-hybridized carbons (Fsp3) is 0.143. The third-order valence-electron chi connectivity index (χ3n) is 3.11. The smallest absolute Gasteiger partial charge is 0.128 e. The first kappa shape index (κ1) is 10.6. The molecule has 0 bridgehead atoms. The molecular weight excluding hydrogens is 237 g/mol. The highest BCUT2D eigenvalue weighted by atomic mass is 35.5. The molecule has 2 aromatic carbocycles. The normalized spacial score (nSPS) is 17.6. The van der Waals surface area contributed by atoms with Gasteiger partial charge in [0, 0.05) is 22.7 Å². The van der Waals surface area contributed by atoms with Gasteiger partial charge in [-0.3, -0.25) is 0 Å². The van der Waals surface area contributed by atoms with E-state index < -0.39 is 0 Å². The van der Waals surface area contributed by atoms with Crippen molar-refractivity contribution in [2.75, 3.05) is 5.32 Å². The zero-order chi connectivity index (χ0) is 11.8. The van der Waals surface area contributed by atoms with E-state index in [0.29, 0.717) is 11.4 Å². The van der Waals surface area contributed by atoms with Gasteiger partial charge in [0.15, 0.2) is 0 Å². The second-order valence-electron chi connectivity index (χ2n) is 4.22. The molecule has 0 saturated carbocycles. The molecule has 0 aromatic heterocycles. The van der Waals surface area contributed by atoms with E-state index in [1.54, 1.807) is 6.07 Å². The zero-order valence-electron chi connectivity index (χ0n) is 9.08. The molecule has 0 amide bonds. The van der Waals surface area contributed by atoms with Crippen LogP contribution in [-0.4, -0.2) is 0 Å². The van der Waals surface area contributed by atoms with Crippen molar-refractivity contribution in [2.24, 2.45) is 0 Å². The number of nitrogens with one attached hydrogen (secondary N) is 1. The molecule has 1 aliphatic rings. The van der Waals surface area contributed by atoms with Gasteiger partial charge in [0.2, 0.25) is 0 Å². The van der Waals surface area contributed by atoms with Gasteiger partial charge in [-0.1, -0.05) is 29.8 Å². The largest absolute Gasteiger partial charge is 0.378 e. The molecule has 3 rings (SSSR count). The summed E-state index contributed by atoms with van der Waals surface area (Å²) >= 11 is 5.96. The molecule has 1 atom stereocenters. The molecule has 0 fully saturated rings. The van der Waals surface area contributed by atoms with Crippen LogP contribution in [-0.2, 0) is 6.42 Å². The van der Waals surface area contributed by atoms with Gasteiger partial charge in [-0.2, -0.15) is 0 Å². The molecular formula is C14H11ClFN. The van der Waals surface area contributed by atoms with Crippen LogP contribution in [0.2, 0.25) is 5.02 Å². The predicted octanol–water partition coefficient (Wildman–Crippen LogP) is 4.19. The minimum absolute atomic E-state index is 0.112. The van der Waals surface area contributed by atoms with Crippen LogP contribution in [0.15, 0.2) is 42.5 Å². The Bertz CT molecular complexity index is 568. The van der Waals surface area contributed by atoms with Crippen molar-refractivity contribution in [2.45, 2.75) is 12.5 Å². The van der Waals surface area contributed by atoms with Gasteiger partial charge < -0.3 is 5.32 Å². The summed E-state index contributed by atoms with van der Waals surface area (Å²) < 4.78 is 13.6. The van der Waals surface area contributed by atoms with Crippen molar-refractivity contribution in [1.29, 1.82) is 0 Å². The Morgan fingerprint density at radius 2 is 2.00 bits per heavy atom. The summed E-state index contributed by atoms with van der Waals surface area (Å²) in [5.41, 5.74) is 2.74. The number of rotatable bonds is 1. The van der Waals surface area contributed by atoms with Crippen LogP contribution in [0.3, 0.4) is 0 Å². The summed E-state index contributed by atoms with van der Waals surface area (Å²) in [5.74, 6) is -0.139. The van der Waals surface area contributed by atoms with Crippen LogP contribution in [0.4, 0.5) is 10.1 Å². The fourth-order valence-electron chi connectivity index (χ4n) is 2.27. The van der Waals surface area contributed by atoms with E-state index in [2.05, 4.69) is 5.32 Å². The molecule has 3 heteroatoms. The van der Waals surface area contributed by atoms with Crippen LogP contribution in [0.5, 0.6) is 0 Å². The summed E-state index contributed by atoms with van der Waals surface area (Å²) in [6.45, 7) is 0. The summed E-state index contributed by atoms with van der Waals surface area (Å²) in [4.78, 5) is 0. The van der Waals surface area contributed by atoms with E-state index in [1.807, 2.05) is 30.3 Å². The lowest BCUT2D eigenvalue weighted by Crippen LogP contribution is -2.05. The molecule has 86 valence electrons. The maximum atomic E-state index is 13.6. The minimum Gasteiger partial charge on any atom is -0.378 e. The van der Waals surface area contributed by atoms with E-state index in [9.17, 15) is 4.39 Å². The van der Waals surface area contributed by atoms with Crippen LogP contribution < -0.4 is 5.32 Å². The highest BCUT2D eigenvalue weighted by Crippen LogP contribution is 2.35. The zero-order valence-corrected chi connectivity index (χ0v) is 9.84. The van der Waals surface area contributed by atoms with Gasteiger partial charge >= 0.3 is 0 Å². The second-order valence-corrected chi connectivity index (χ2v) is 4.66. The monoisotopic (exact) mass is 247 g/mol. The molecule has 1 heterocycles. The maximum Gasteiger partial charge on any atom is 0.128 e. The molecule has 2 aromatic rings. The van der Waals surface area contributed by atoms with Crippen molar-refractivity contribution in [3.63, 3.8) is 0 Å². The third-order valence-corrected chi connectivity index (χ3v) is 3.34. The van der Waals surface area contributed by atoms with Gasteiger partial charge in [-0.15, -0.1) is 0 Å². The lowest BCUT2D eigenvalue weighted by Gasteiger charge is -2.11. The first-order valence-electron chi connectivity index (χ1n) is 5.53. The molecule has 1 N–H and O–H groups in total. The highest BCUT2D eigenvalue weighted by Gasteiger charge is 2.24. The van der Waals surface area contributed by atoms with Gasteiger partial charge in [-0.05, 0) is 29.8 Å². The second kappa shape index (κ2) is 4.04. The Kier molecular flexibility index (Phi) is 2.52. The molecule has 0 radical (unpaired) electrons. The van der Waals surface area contributed by atoms with Gasteiger partial charge in [-0.25, -0.2) is 4.39 Å². The minimum atomic E-state index is -0.139. The van der Waals surface area contributed by atoms with Crippen molar-refractivity contribution < 1.29 is 4.39 Å². The molecule has 1 aliphatic heterocycles. The van der Waals surface area contributed by atoms with Gasteiger partial charge in [0.1, 0.15) is 5.82 Å². The average Bonchev–Trinajstić information content (AvgIpc) is 2.74. The molecule has 17 heavy (non-hydrogen) atoms. The van der Waals surface area contributed by atoms with Crippen molar-refractivity contribution in [3.8, 4) is 0 Å². The first-order valence-corrected chi connectivity index (χ1v) is 5.91. The molecule has 0 aliphatic carbocycles. The summed E-state index contributed by atoms with van der Waals surface area (Å²) in [7, 11) is 0. The maximum absolute atomic E-state index is 13.6. The average molecular weight is 248 g/mol. The predicted molar refractivity (Wildman–Crippen MR) is 67.9 cm³/mol. The number of fused-ring (bicyclic) bond motifs is 1. The Balaban J connectivity index is 1.94. The van der Waals surface area contributed by atoms with Crippen LogP contribution >= 0.6 is 11.6 Å². The first-order chi connectivity index (χ1) is 8.24. The number of halogens is 2. The van der Waals surface area contributed by atoms with E-state index in [4.69, 9.17) is 11.6 Å². The number of anilines is 1. The van der Waals surface area contributed by atoms with E-state index >= 15 is 0 Å². The van der Waals surface area contributed by atoms with Gasteiger partial charge in [0.05, 0.1) is 6.04 Å². The molecule has 0 saturated heterocycles. The molecule has 1 unspecified atom stereocenters. The Morgan fingerprint density at radius 1 is 1.18 bits per heavy atom. The quantitative estimate of drug-likeness (QED) is 0.797. The van der Waals surface area contributed by atoms with Crippen LogP contribution in [0.1, 0.15) is 17.2 Å². The topological polar surface area (TPSA) is 12.0 Å². The van der Waals surface area contributed by atoms with Crippen molar-refractivity contribution in [3.05, 3.63) is 64.4 Å². The van der Waals surface area contributed by atoms with Crippen LogP contribution in [0, 0.1) is 5.82 Å². The number of benzene rings is 2. The summed E-state index contributed by atoms with van der Waals surface area (Å²) in [5, 5.41) is 4.03. The van der Waals surface area contributed by atoms with Gasteiger partial charge in [0.25, 0.3) is 0 Å². The van der Waals surface area contributed by atoms with Crippen molar-refractivity contribution in [1.82, 2.24) is 0 Å².